The Morgan fingerprint density at radius 2 is 1.85 bits per heavy atom. The number of furan rings is 1. The summed E-state index contributed by atoms with van der Waals surface area (Å²) in [5, 5.41) is 2.58. The third kappa shape index (κ3) is 5.89. The summed E-state index contributed by atoms with van der Waals surface area (Å²) in [4.78, 5) is 36.6. The average Bonchev–Trinajstić information content (AvgIpc) is 3.03. The van der Waals surface area contributed by atoms with Gasteiger partial charge in [0.25, 0.3) is 11.8 Å². The molecule has 0 spiro atoms. The van der Waals surface area contributed by atoms with Crippen molar-refractivity contribution in [2.45, 2.75) is 0 Å². The first-order chi connectivity index (χ1) is 12.3. The fraction of sp³-hybridized carbons (Fsp3) is 0.167. The molecule has 1 N–H and O–H groups in total. The molecule has 2 amide bonds. The van der Waals surface area contributed by atoms with Crippen LogP contribution < -0.4 is 5.32 Å². The lowest BCUT2D eigenvalue weighted by molar-refractivity contribution is -0.142. The molecular formula is C18H17BrN2O5. The second-order valence-electron chi connectivity index (χ2n) is 5.41. The van der Waals surface area contributed by atoms with Gasteiger partial charge in [-0.1, -0.05) is 0 Å². The van der Waals surface area contributed by atoms with Crippen molar-refractivity contribution in [2.75, 3.05) is 26.0 Å². The fourth-order valence-corrected chi connectivity index (χ4v) is 2.22. The number of nitrogens with one attached hydrogen (secondary N) is 1. The number of hydrogen-bond donors (Lipinski definition) is 1. The lowest BCUT2D eigenvalue weighted by Crippen LogP contribution is -2.22. The average molecular weight is 421 g/mol. The van der Waals surface area contributed by atoms with Crippen molar-refractivity contribution < 1.29 is 23.5 Å². The molecule has 7 nitrogen and oxygen atoms in total. The Kier molecular flexibility index (Phi) is 6.74. The Bertz CT molecular complexity index is 824. The molecule has 0 bridgehead atoms. The monoisotopic (exact) mass is 420 g/mol. The zero-order valence-electron chi connectivity index (χ0n) is 14.2. The summed E-state index contributed by atoms with van der Waals surface area (Å²) in [7, 11) is 3.32. The van der Waals surface area contributed by atoms with Gasteiger partial charge in [0.1, 0.15) is 5.76 Å². The number of rotatable bonds is 6. The molecule has 1 heterocycles. The zero-order valence-corrected chi connectivity index (χ0v) is 15.8. The van der Waals surface area contributed by atoms with Crippen molar-refractivity contribution in [1.82, 2.24) is 4.90 Å². The highest BCUT2D eigenvalue weighted by Crippen LogP contribution is 2.15. The third-order valence-electron chi connectivity index (χ3n) is 3.14. The number of amides is 2. The molecule has 0 saturated heterocycles. The summed E-state index contributed by atoms with van der Waals surface area (Å²) in [5.74, 6) is -0.809. The van der Waals surface area contributed by atoms with Crippen LogP contribution in [0.5, 0.6) is 0 Å². The van der Waals surface area contributed by atoms with Gasteiger partial charge in [-0.25, -0.2) is 4.79 Å². The molecule has 26 heavy (non-hydrogen) atoms. The van der Waals surface area contributed by atoms with Crippen molar-refractivity contribution >= 4 is 45.5 Å². The van der Waals surface area contributed by atoms with Gasteiger partial charge in [-0.15, -0.1) is 0 Å². The number of ether oxygens (including phenoxy) is 1. The van der Waals surface area contributed by atoms with E-state index >= 15 is 0 Å². The number of carbonyl (C=O) groups excluding carboxylic acids is 3. The highest BCUT2D eigenvalue weighted by atomic mass is 79.9. The van der Waals surface area contributed by atoms with Crippen molar-refractivity contribution in [3.63, 3.8) is 0 Å². The Labute approximate surface area is 158 Å². The van der Waals surface area contributed by atoms with E-state index in [4.69, 9.17) is 9.15 Å². The van der Waals surface area contributed by atoms with E-state index in [1.807, 2.05) is 0 Å². The van der Waals surface area contributed by atoms with E-state index in [-0.39, 0.29) is 5.91 Å². The number of benzene rings is 1. The Balaban J connectivity index is 1.80. The number of hydrogen-bond acceptors (Lipinski definition) is 5. The molecule has 2 aromatic rings. The van der Waals surface area contributed by atoms with E-state index in [2.05, 4.69) is 21.2 Å². The first kappa shape index (κ1) is 19.5. The number of nitrogens with zero attached hydrogens (tertiary/aromatic N) is 1. The van der Waals surface area contributed by atoms with Gasteiger partial charge in [-0.05, 0) is 58.4 Å². The number of anilines is 1. The molecule has 0 radical (unpaired) electrons. The minimum absolute atomic E-state index is 0.132. The molecule has 0 aliphatic rings. The van der Waals surface area contributed by atoms with Crippen LogP contribution in [-0.4, -0.2) is 43.4 Å². The summed E-state index contributed by atoms with van der Waals surface area (Å²) in [6.45, 7) is -0.427. The summed E-state index contributed by atoms with van der Waals surface area (Å²) < 4.78 is 10.6. The Morgan fingerprint density at radius 1 is 1.15 bits per heavy atom. The second-order valence-corrected chi connectivity index (χ2v) is 6.19. The molecule has 8 heteroatoms. The minimum Gasteiger partial charge on any atom is -0.452 e. The quantitative estimate of drug-likeness (QED) is 0.573. The molecule has 0 atom stereocenters. The maximum atomic E-state index is 11.8. The van der Waals surface area contributed by atoms with E-state index in [0.29, 0.717) is 21.7 Å². The highest BCUT2D eigenvalue weighted by Gasteiger charge is 2.09. The lowest BCUT2D eigenvalue weighted by atomic mass is 10.2. The van der Waals surface area contributed by atoms with Gasteiger partial charge in [0.2, 0.25) is 0 Å². The number of esters is 1. The summed E-state index contributed by atoms with van der Waals surface area (Å²) in [6.07, 6.45) is 2.60. The van der Waals surface area contributed by atoms with Crippen molar-refractivity contribution in [2.24, 2.45) is 0 Å². The summed E-state index contributed by atoms with van der Waals surface area (Å²) >= 11 is 3.15. The number of halogens is 1. The van der Waals surface area contributed by atoms with E-state index in [1.165, 1.54) is 17.1 Å². The molecule has 0 aliphatic carbocycles. The van der Waals surface area contributed by atoms with Crippen molar-refractivity contribution in [3.05, 3.63) is 58.5 Å². The van der Waals surface area contributed by atoms with E-state index in [1.54, 1.807) is 50.5 Å². The normalized spacial score (nSPS) is 10.6. The molecule has 0 saturated carbocycles. The third-order valence-corrected chi connectivity index (χ3v) is 3.57. The maximum absolute atomic E-state index is 11.8. The predicted molar refractivity (Wildman–Crippen MR) is 99.5 cm³/mol. The lowest BCUT2D eigenvalue weighted by Gasteiger charge is -2.11. The molecule has 0 aliphatic heterocycles. The molecule has 1 aromatic heterocycles. The van der Waals surface area contributed by atoms with E-state index in [9.17, 15) is 14.4 Å². The Morgan fingerprint density at radius 3 is 2.42 bits per heavy atom. The Hall–Kier alpha value is -2.87. The molecule has 0 unspecified atom stereocenters. The van der Waals surface area contributed by atoms with Gasteiger partial charge in [0.15, 0.2) is 11.3 Å². The topological polar surface area (TPSA) is 88.9 Å². The molecule has 1 aromatic carbocycles. The molecule has 0 fully saturated rings. The fourth-order valence-electron chi connectivity index (χ4n) is 1.90. The largest absolute Gasteiger partial charge is 0.452 e. The van der Waals surface area contributed by atoms with Crippen molar-refractivity contribution in [1.29, 1.82) is 0 Å². The van der Waals surface area contributed by atoms with Crippen molar-refractivity contribution in [3.8, 4) is 0 Å². The first-order valence-electron chi connectivity index (χ1n) is 7.57. The van der Waals surface area contributed by atoms with Gasteiger partial charge in [-0.3, -0.25) is 9.59 Å². The van der Waals surface area contributed by atoms with E-state index in [0.717, 1.165) is 0 Å². The summed E-state index contributed by atoms with van der Waals surface area (Å²) in [5.41, 5.74) is 1.01. The van der Waals surface area contributed by atoms with Crippen LogP contribution in [0.2, 0.25) is 0 Å². The molecule has 2 rings (SSSR count). The SMILES string of the molecule is CN(C)C(=O)c1ccc(NC(=O)COC(=O)/C=C/c2ccc(Br)o2)cc1. The van der Waals surface area contributed by atoms with Gasteiger partial charge in [0, 0.05) is 31.4 Å². The molecule has 136 valence electrons. The molecular weight excluding hydrogens is 404 g/mol. The highest BCUT2D eigenvalue weighted by molar-refractivity contribution is 9.10. The smallest absolute Gasteiger partial charge is 0.331 e. The first-order valence-corrected chi connectivity index (χ1v) is 8.36. The van der Waals surface area contributed by atoms with Crippen LogP contribution in [0, 0.1) is 0 Å². The van der Waals surface area contributed by atoms with Crippen LogP contribution in [0.25, 0.3) is 6.08 Å². The van der Waals surface area contributed by atoms with Gasteiger partial charge < -0.3 is 19.4 Å². The van der Waals surface area contributed by atoms with Crippen LogP contribution in [0.4, 0.5) is 5.69 Å². The summed E-state index contributed by atoms with van der Waals surface area (Å²) in [6, 6.07) is 9.78. The van der Waals surface area contributed by atoms with Gasteiger partial charge in [-0.2, -0.15) is 0 Å². The van der Waals surface area contributed by atoms with Gasteiger partial charge >= 0.3 is 5.97 Å². The maximum Gasteiger partial charge on any atom is 0.331 e. The second kappa shape index (κ2) is 9.00. The van der Waals surface area contributed by atoms with Crippen LogP contribution >= 0.6 is 15.9 Å². The zero-order chi connectivity index (χ0) is 19.1. The van der Waals surface area contributed by atoms with Crippen LogP contribution in [-0.2, 0) is 14.3 Å². The standard InChI is InChI=1S/C18H17BrN2O5/c1-21(2)18(24)12-3-5-13(6-4-12)20-16(22)11-25-17(23)10-8-14-7-9-15(19)26-14/h3-10H,11H2,1-2H3,(H,20,22)/b10-8+. The van der Waals surface area contributed by atoms with E-state index < -0.39 is 18.5 Å². The van der Waals surface area contributed by atoms with Crippen LogP contribution in [0.1, 0.15) is 16.1 Å². The van der Waals surface area contributed by atoms with Crippen LogP contribution in [0.3, 0.4) is 0 Å². The number of carbonyl (C=O) groups is 3. The predicted octanol–water partition coefficient (Wildman–Crippen LogP) is 2.94. The van der Waals surface area contributed by atoms with Crippen LogP contribution in [0.15, 0.2) is 51.6 Å². The minimum atomic E-state index is -0.667. The van der Waals surface area contributed by atoms with Gasteiger partial charge in [0.05, 0.1) is 0 Å².